The number of nitrogens with one attached hydrogen (secondary N) is 1. The van der Waals surface area contributed by atoms with Gasteiger partial charge < -0.3 is 10.1 Å². The van der Waals surface area contributed by atoms with Gasteiger partial charge in [0.2, 0.25) is 0 Å². The van der Waals surface area contributed by atoms with Crippen molar-refractivity contribution in [2.45, 2.75) is 46.0 Å². The molecule has 0 saturated heterocycles. The van der Waals surface area contributed by atoms with E-state index in [1.807, 2.05) is 6.92 Å². The minimum Gasteiger partial charge on any atom is -0.459 e. The molecule has 0 spiro atoms. The third kappa shape index (κ3) is 6.27. The van der Waals surface area contributed by atoms with Crippen LogP contribution in [0.3, 0.4) is 0 Å². The Bertz CT molecular complexity index is 1090. The van der Waals surface area contributed by atoms with E-state index in [1.165, 1.54) is 4.68 Å². The first-order valence-corrected chi connectivity index (χ1v) is 9.43. The second kappa shape index (κ2) is 8.37. The number of anilines is 2. The van der Waals surface area contributed by atoms with Crippen molar-refractivity contribution >= 4 is 17.6 Å². The first kappa shape index (κ1) is 22.3. The summed E-state index contributed by atoms with van der Waals surface area (Å²) in [5, 5.41) is 6.97. The number of carbonyl (C=O) groups is 1. The van der Waals surface area contributed by atoms with Crippen LogP contribution in [0.2, 0.25) is 0 Å². The third-order valence-electron chi connectivity index (χ3n) is 3.95. The van der Waals surface area contributed by atoms with Gasteiger partial charge >= 0.3 is 12.1 Å². The van der Waals surface area contributed by atoms with Crippen LogP contribution in [0.4, 0.5) is 24.8 Å². The topological polar surface area (TPSA) is 81.9 Å². The van der Waals surface area contributed by atoms with Crippen LogP contribution >= 0.6 is 0 Å². The summed E-state index contributed by atoms with van der Waals surface area (Å²) in [6, 6.07) is 5.32. The van der Waals surface area contributed by atoms with Gasteiger partial charge in [0.15, 0.2) is 0 Å². The van der Waals surface area contributed by atoms with E-state index in [1.54, 1.807) is 45.3 Å². The normalized spacial score (nSPS) is 12.0. The van der Waals surface area contributed by atoms with E-state index < -0.39 is 23.3 Å². The van der Waals surface area contributed by atoms with Gasteiger partial charge in [-0.25, -0.2) is 9.97 Å². The van der Waals surface area contributed by atoms with Crippen LogP contribution in [0.15, 0.2) is 42.9 Å². The molecule has 0 aromatic carbocycles. The number of ether oxygens (including phenoxy) is 1. The van der Waals surface area contributed by atoms with Gasteiger partial charge in [-0.1, -0.05) is 0 Å². The fourth-order valence-electron chi connectivity index (χ4n) is 2.77. The van der Waals surface area contributed by atoms with E-state index in [-0.39, 0.29) is 12.4 Å². The maximum atomic E-state index is 12.9. The molecule has 0 bridgehead atoms. The lowest BCUT2D eigenvalue weighted by Crippen LogP contribution is -2.26. The van der Waals surface area contributed by atoms with Crippen LogP contribution in [0.25, 0.3) is 11.3 Å². The Morgan fingerprint density at radius 2 is 1.90 bits per heavy atom. The average molecular weight is 433 g/mol. The Kier molecular flexibility index (Phi) is 6.01. The van der Waals surface area contributed by atoms with E-state index in [9.17, 15) is 18.0 Å². The summed E-state index contributed by atoms with van der Waals surface area (Å²) >= 11 is 0. The Balaban J connectivity index is 1.79. The molecule has 0 aliphatic carbocycles. The predicted molar refractivity (Wildman–Crippen MR) is 109 cm³/mol. The zero-order valence-corrected chi connectivity index (χ0v) is 17.5. The zero-order chi connectivity index (χ0) is 22.8. The molecule has 3 rings (SSSR count). The number of halogens is 3. The monoisotopic (exact) mass is 433 g/mol. The Labute approximate surface area is 177 Å². The highest BCUT2D eigenvalue weighted by Crippen LogP contribution is 2.30. The van der Waals surface area contributed by atoms with Crippen LogP contribution < -0.4 is 5.32 Å². The smallest absolute Gasteiger partial charge is 0.416 e. The SMILES string of the molecule is Cc1cc(Nc2cc(C(F)(F)F)ccn2)nc(-c2cnn(CC(=O)OC(C)(C)C)c2)c1. The number of pyridine rings is 2. The van der Waals surface area contributed by atoms with Crippen molar-refractivity contribution in [2.24, 2.45) is 0 Å². The van der Waals surface area contributed by atoms with Crippen molar-refractivity contribution in [3.63, 3.8) is 0 Å². The third-order valence-corrected chi connectivity index (χ3v) is 3.95. The molecule has 0 unspecified atom stereocenters. The van der Waals surface area contributed by atoms with Crippen LogP contribution in [0.5, 0.6) is 0 Å². The minimum absolute atomic E-state index is 0.0273. The van der Waals surface area contributed by atoms with Crippen molar-refractivity contribution in [1.82, 2.24) is 19.7 Å². The van der Waals surface area contributed by atoms with Crippen molar-refractivity contribution in [3.05, 3.63) is 54.0 Å². The fraction of sp³-hybridized carbons (Fsp3) is 0.333. The molecule has 164 valence electrons. The summed E-state index contributed by atoms with van der Waals surface area (Å²) in [6.45, 7) is 7.13. The van der Waals surface area contributed by atoms with Gasteiger partial charge in [0.25, 0.3) is 0 Å². The van der Waals surface area contributed by atoms with Crippen LogP contribution in [-0.4, -0.2) is 31.3 Å². The molecular formula is C21H22F3N5O2. The van der Waals surface area contributed by atoms with Crippen LogP contribution in [0, 0.1) is 6.92 Å². The van der Waals surface area contributed by atoms with Gasteiger partial charge in [-0.15, -0.1) is 0 Å². The summed E-state index contributed by atoms with van der Waals surface area (Å²) in [4.78, 5) is 20.4. The molecule has 7 nitrogen and oxygen atoms in total. The summed E-state index contributed by atoms with van der Waals surface area (Å²) in [5.74, 6) is -0.0569. The maximum absolute atomic E-state index is 12.9. The molecule has 10 heteroatoms. The van der Waals surface area contributed by atoms with Crippen molar-refractivity contribution < 1.29 is 22.7 Å². The predicted octanol–water partition coefficient (Wildman–Crippen LogP) is 4.75. The molecule has 0 aliphatic rings. The van der Waals surface area contributed by atoms with Gasteiger partial charge in [-0.3, -0.25) is 9.48 Å². The molecule has 3 aromatic heterocycles. The Hall–Kier alpha value is -3.43. The number of rotatable bonds is 5. The number of alkyl halides is 3. The van der Waals surface area contributed by atoms with E-state index in [0.29, 0.717) is 17.1 Å². The lowest BCUT2D eigenvalue weighted by atomic mass is 10.1. The summed E-state index contributed by atoms with van der Waals surface area (Å²) < 4.78 is 45.5. The first-order valence-electron chi connectivity index (χ1n) is 9.43. The van der Waals surface area contributed by atoms with Gasteiger partial charge in [-0.2, -0.15) is 18.3 Å². The second-order valence-electron chi connectivity index (χ2n) is 7.98. The first-order chi connectivity index (χ1) is 14.4. The molecular weight excluding hydrogens is 411 g/mol. The molecule has 0 radical (unpaired) electrons. The standard InChI is InChI=1S/C21H22F3N5O2/c1-13-7-16(14-10-26-29(11-14)12-19(30)31-20(2,3)4)27-18(8-13)28-17-9-15(5-6-25-17)21(22,23)24/h5-11H,12H2,1-4H3,(H,25,27,28). The number of hydrogen-bond donors (Lipinski definition) is 1. The molecule has 3 heterocycles. The highest BCUT2D eigenvalue weighted by molar-refractivity contribution is 5.70. The average Bonchev–Trinajstić information content (AvgIpc) is 3.07. The van der Waals surface area contributed by atoms with E-state index in [4.69, 9.17) is 4.74 Å². The molecule has 1 N–H and O–H groups in total. The number of aromatic nitrogens is 4. The zero-order valence-electron chi connectivity index (χ0n) is 17.5. The summed E-state index contributed by atoms with van der Waals surface area (Å²) in [7, 11) is 0. The lowest BCUT2D eigenvalue weighted by Gasteiger charge is -2.19. The Morgan fingerprint density at radius 3 is 2.58 bits per heavy atom. The number of esters is 1. The van der Waals surface area contributed by atoms with Crippen LogP contribution in [0.1, 0.15) is 31.9 Å². The highest BCUT2D eigenvalue weighted by Gasteiger charge is 2.30. The van der Waals surface area contributed by atoms with Gasteiger partial charge in [0.1, 0.15) is 23.8 Å². The fourth-order valence-corrected chi connectivity index (χ4v) is 2.77. The number of nitrogens with zero attached hydrogens (tertiary/aromatic N) is 4. The quantitative estimate of drug-likeness (QED) is 0.585. The van der Waals surface area contributed by atoms with Crippen LogP contribution in [-0.2, 0) is 22.3 Å². The van der Waals surface area contributed by atoms with E-state index in [2.05, 4.69) is 20.4 Å². The Morgan fingerprint density at radius 1 is 1.16 bits per heavy atom. The molecule has 0 saturated carbocycles. The van der Waals surface area contributed by atoms with Crippen molar-refractivity contribution in [2.75, 3.05) is 5.32 Å². The number of carbonyl (C=O) groups excluding carboxylic acids is 1. The largest absolute Gasteiger partial charge is 0.459 e. The van der Waals surface area contributed by atoms with E-state index in [0.717, 1.165) is 23.9 Å². The van der Waals surface area contributed by atoms with Gasteiger partial charge in [-0.05, 0) is 57.5 Å². The molecule has 0 amide bonds. The summed E-state index contributed by atoms with van der Waals surface area (Å²) in [6.07, 6.45) is -0.174. The minimum atomic E-state index is -4.46. The molecule has 0 fully saturated rings. The molecule has 0 aliphatic heterocycles. The van der Waals surface area contributed by atoms with Gasteiger partial charge in [0, 0.05) is 18.0 Å². The maximum Gasteiger partial charge on any atom is 0.416 e. The number of hydrogen-bond acceptors (Lipinski definition) is 6. The molecule has 0 atom stereocenters. The van der Waals surface area contributed by atoms with Crippen molar-refractivity contribution in [3.8, 4) is 11.3 Å². The summed E-state index contributed by atoms with van der Waals surface area (Å²) in [5.41, 5.74) is 0.626. The number of aryl methyl sites for hydroxylation is 1. The molecule has 3 aromatic rings. The van der Waals surface area contributed by atoms with E-state index >= 15 is 0 Å². The lowest BCUT2D eigenvalue weighted by molar-refractivity contribution is -0.155. The highest BCUT2D eigenvalue weighted by atomic mass is 19.4. The molecule has 31 heavy (non-hydrogen) atoms. The van der Waals surface area contributed by atoms with Crippen molar-refractivity contribution in [1.29, 1.82) is 0 Å². The second-order valence-corrected chi connectivity index (χ2v) is 7.98. The van der Waals surface area contributed by atoms with Gasteiger partial charge in [0.05, 0.1) is 17.5 Å².